The van der Waals surface area contributed by atoms with E-state index in [9.17, 15) is 14.7 Å². The Hall–Kier alpha value is -2.82. The number of carbonyl (C=O) groups is 1. The Morgan fingerprint density at radius 1 is 1.10 bits per heavy atom. The Bertz CT molecular complexity index is 855. The van der Waals surface area contributed by atoms with Crippen LogP contribution in [0, 0.1) is 6.92 Å². The standard InChI is InChI=1S/C15H10O5/c1-8-7-10(16)13-14(19-8)11(15(18)20-13)12(17)9-5-3-2-4-6-9/h2-7,18H,1H3. The molecule has 1 N–H and O–H groups in total. The average Bonchev–Trinajstić information content (AvgIpc) is 2.76. The molecule has 20 heavy (non-hydrogen) atoms. The smallest absolute Gasteiger partial charge is 0.298 e. The Balaban J connectivity index is 2.29. The first-order valence-electron chi connectivity index (χ1n) is 5.94. The summed E-state index contributed by atoms with van der Waals surface area (Å²) in [6, 6.07) is 9.63. The number of benzene rings is 1. The van der Waals surface area contributed by atoms with Crippen molar-refractivity contribution in [3.05, 3.63) is 63.5 Å². The van der Waals surface area contributed by atoms with Crippen molar-refractivity contribution in [3.63, 3.8) is 0 Å². The van der Waals surface area contributed by atoms with E-state index in [1.807, 2.05) is 0 Å². The maximum atomic E-state index is 12.4. The van der Waals surface area contributed by atoms with Crippen molar-refractivity contribution in [2.24, 2.45) is 0 Å². The van der Waals surface area contributed by atoms with Crippen LogP contribution in [0.1, 0.15) is 21.7 Å². The van der Waals surface area contributed by atoms with Gasteiger partial charge in [-0.2, -0.15) is 0 Å². The number of hydrogen-bond donors (Lipinski definition) is 1. The molecule has 5 nitrogen and oxygen atoms in total. The molecule has 0 amide bonds. The molecular weight excluding hydrogens is 260 g/mol. The van der Waals surface area contributed by atoms with Gasteiger partial charge in [-0.1, -0.05) is 30.3 Å². The highest BCUT2D eigenvalue weighted by Gasteiger charge is 2.25. The van der Waals surface area contributed by atoms with Gasteiger partial charge in [0, 0.05) is 11.6 Å². The quantitative estimate of drug-likeness (QED) is 0.724. The lowest BCUT2D eigenvalue weighted by Crippen LogP contribution is -2.02. The van der Waals surface area contributed by atoms with Crippen molar-refractivity contribution < 1.29 is 18.7 Å². The van der Waals surface area contributed by atoms with Gasteiger partial charge < -0.3 is 13.9 Å². The van der Waals surface area contributed by atoms with E-state index in [2.05, 4.69) is 0 Å². The number of carbonyl (C=O) groups excluding carboxylic acids is 1. The van der Waals surface area contributed by atoms with Crippen LogP contribution in [0.4, 0.5) is 0 Å². The third-order valence-corrected chi connectivity index (χ3v) is 2.93. The van der Waals surface area contributed by atoms with Crippen LogP contribution in [-0.2, 0) is 0 Å². The van der Waals surface area contributed by atoms with Gasteiger partial charge in [0.1, 0.15) is 11.3 Å². The van der Waals surface area contributed by atoms with E-state index >= 15 is 0 Å². The third kappa shape index (κ3) is 1.80. The highest BCUT2D eigenvalue weighted by atomic mass is 16.5. The fourth-order valence-corrected chi connectivity index (χ4v) is 2.04. The Morgan fingerprint density at radius 3 is 2.50 bits per heavy atom. The zero-order valence-electron chi connectivity index (χ0n) is 10.5. The molecule has 0 aliphatic rings. The molecule has 0 unspecified atom stereocenters. The molecule has 0 atom stereocenters. The van der Waals surface area contributed by atoms with Crippen LogP contribution in [0.15, 0.2) is 50.0 Å². The number of furan rings is 1. The third-order valence-electron chi connectivity index (χ3n) is 2.93. The molecule has 1 aromatic carbocycles. The van der Waals surface area contributed by atoms with Crippen LogP contribution in [0.25, 0.3) is 11.2 Å². The predicted octanol–water partition coefficient (Wildman–Crippen LogP) is 2.63. The lowest BCUT2D eigenvalue weighted by Gasteiger charge is -1.98. The van der Waals surface area contributed by atoms with Crippen LogP contribution in [0.3, 0.4) is 0 Å². The fourth-order valence-electron chi connectivity index (χ4n) is 2.04. The summed E-state index contributed by atoms with van der Waals surface area (Å²) in [5.74, 6) is -0.735. The monoisotopic (exact) mass is 270 g/mol. The molecule has 0 saturated carbocycles. The van der Waals surface area contributed by atoms with Crippen molar-refractivity contribution in [2.75, 3.05) is 0 Å². The van der Waals surface area contributed by atoms with E-state index in [0.717, 1.165) is 0 Å². The van der Waals surface area contributed by atoms with Gasteiger partial charge in [-0.3, -0.25) is 9.59 Å². The van der Waals surface area contributed by atoms with Crippen LogP contribution in [0.2, 0.25) is 0 Å². The summed E-state index contributed by atoms with van der Waals surface area (Å²) in [7, 11) is 0. The van der Waals surface area contributed by atoms with Crippen molar-refractivity contribution in [3.8, 4) is 5.95 Å². The molecule has 2 heterocycles. The largest absolute Gasteiger partial charge is 0.480 e. The first-order chi connectivity index (χ1) is 9.58. The van der Waals surface area contributed by atoms with Gasteiger partial charge in [0.15, 0.2) is 5.58 Å². The Morgan fingerprint density at radius 2 is 1.80 bits per heavy atom. The minimum absolute atomic E-state index is 0.0265. The van der Waals surface area contributed by atoms with Gasteiger partial charge in [-0.25, -0.2) is 0 Å². The van der Waals surface area contributed by atoms with Crippen LogP contribution >= 0.6 is 0 Å². The minimum atomic E-state index is -0.611. The first kappa shape index (κ1) is 12.2. The molecule has 100 valence electrons. The predicted molar refractivity (Wildman–Crippen MR) is 71.0 cm³/mol. The van der Waals surface area contributed by atoms with Crippen molar-refractivity contribution in [2.45, 2.75) is 6.92 Å². The zero-order chi connectivity index (χ0) is 14.3. The van der Waals surface area contributed by atoms with E-state index < -0.39 is 17.2 Å². The molecule has 0 spiro atoms. The van der Waals surface area contributed by atoms with Crippen molar-refractivity contribution in [1.29, 1.82) is 0 Å². The van der Waals surface area contributed by atoms with E-state index in [-0.39, 0.29) is 16.7 Å². The highest BCUT2D eigenvalue weighted by Crippen LogP contribution is 2.31. The SMILES string of the molecule is Cc1cc(=O)c2oc(O)c(C(=O)c3ccccc3)c2o1. The van der Waals surface area contributed by atoms with E-state index in [1.54, 1.807) is 37.3 Å². The first-order valence-corrected chi connectivity index (χ1v) is 5.94. The summed E-state index contributed by atoms with van der Waals surface area (Å²) in [4.78, 5) is 24.1. The molecular formula is C15H10O5. The second-order valence-corrected chi connectivity index (χ2v) is 4.36. The molecule has 5 heteroatoms. The molecule has 2 aromatic heterocycles. The second-order valence-electron chi connectivity index (χ2n) is 4.36. The number of ketones is 1. The number of aromatic hydroxyl groups is 1. The van der Waals surface area contributed by atoms with Crippen LogP contribution < -0.4 is 5.43 Å². The minimum Gasteiger partial charge on any atom is -0.480 e. The van der Waals surface area contributed by atoms with Crippen LogP contribution in [-0.4, -0.2) is 10.9 Å². The van der Waals surface area contributed by atoms with Gasteiger partial charge in [-0.15, -0.1) is 0 Å². The van der Waals surface area contributed by atoms with Crippen LogP contribution in [0.5, 0.6) is 5.95 Å². The van der Waals surface area contributed by atoms with Gasteiger partial charge in [-0.05, 0) is 6.92 Å². The van der Waals surface area contributed by atoms with Crippen molar-refractivity contribution >= 4 is 16.9 Å². The molecule has 0 bridgehead atoms. The Kier molecular flexibility index (Phi) is 2.68. The summed E-state index contributed by atoms with van der Waals surface area (Å²) >= 11 is 0. The number of hydrogen-bond acceptors (Lipinski definition) is 5. The number of rotatable bonds is 2. The summed E-state index contributed by atoms with van der Waals surface area (Å²) in [6.07, 6.45) is 0. The van der Waals surface area contributed by atoms with E-state index in [4.69, 9.17) is 8.83 Å². The molecule has 0 aliphatic heterocycles. The summed E-state index contributed by atoms with van der Waals surface area (Å²) in [6.45, 7) is 1.58. The van der Waals surface area contributed by atoms with Gasteiger partial charge in [0.2, 0.25) is 16.8 Å². The van der Waals surface area contributed by atoms with Crippen molar-refractivity contribution in [1.82, 2.24) is 0 Å². The topological polar surface area (TPSA) is 80.6 Å². The second kappa shape index (κ2) is 4.38. The molecule has 3 rings (SSSR count). The lowest BCUT2D eigenvalue weighted by molar-refractivity contribution is 0.103. The molecule has 0 radical (unpaired) electrons. The van der Waals surface area contributed by atoms with E-state index in [0.29, 0.717) is 11.3 Å². The van der Waals surface area contributed by atoms with Gasteiger partial charge in [0.05, 0.1) is 0 Å². The maximum absolute atomic E-state index is 12.4. The summed E-state index contributed by atoms with van der Waals surface area (Å²) in [5.41, 5.74) is -0.387. The molecule has 3 aromatic rings. The summed E-state index contributed by atoms with van der Waals surface area (Å²) < 4.78 is 10.3. The molecule has 0 saturated heterocycles. The zero-order valence-corrected chi connectivity index (χ0v) is 10.5. The molecule has 0 aliphatic carbocycles. The number of aryl methyl sites for hydroxylation is 1. The van der Waals surface area contributed by atoms with Gasteiger partial charge >= 0.3 is 0 Å². The van der Waals surface area contributed by atoms with E-state index in [1.165, 1.54) is 6.07 Å². The fraction of sp³-hybridized carbons (Fsp3) is 0.0667. The maximum Gasteiger partial charge on any atom is 0.298 e. The summed E-state index contributed by atoms with van der Waals surface area (Å²) in [5, 5.41) is 9.80. The highest BCUT2D eigenvalue weighted by molar-refractivity contribution is 6.16. The average molecular weight is 270 g/mol. The Labute approximate surface area is 113 Å². The van der Waals surface area contributed by atoms with Gasteiger partial charge in [0.25, 0.3) is 5.95 Å². The molecule has 0 fully saturated rings. The normalized spacial score (nSPS) is 10.8. The lowest BCUT2D eigenvalue weighted by atomic mass is 10.1. The number of fused-ring (bicyclic) bond motifs is 1.